The fourth-order valence-electron chi connectivity index (χ4n) is 2.21. The van der Waals surface area contributed by atoms with Gasteiger partial charge in [-0.05, 0) is 50.4 Å². The highest BCUT2D eigenvalue weighted by molar-refractivity contribution is 5.31. The lowest BCUT2D eigenvalue weighted by molar-refractivity contribution is 0.0473. The van der Waals surface area contributed by atoms with E-state index in [0.717, 1.165) is 37.9 Å². The molecular weight excluding hydrogens is 214 g/mol. The number of hydrogen-bond donors (Lipinski definition) is 2. The molecule has 0 aromatic heterocycles. The molecule has 1 saturated heterocycles. The van der Waals surface area contributed by atoms with E-state index in [1.54, 1.807) is 6.07 Å². The molecule has 3 heteroatoms. The summed E-state index contributed by atoms with van der Waals surface area (Å²) < 4.78 is 5.87. The quantitative estimate of drug-likeness (QED) is 0.839. The van der Waals surface area contributed by atoms with Crippen molar-refractivity contribution in [3.8, 4) is 5.75 Å². The Morgan fingerprint density at radius 2 is 2.12 bits per heavy atom. The van der Waals surface area contributed by atoms with Gasteiger partial charge < -0.3 is 15.2 Å². The van der Waals surface area contributed by atoms with Crippen LogP contribution in [-0.4, -0.2) is 30.9 Å². The molecule has 0 amide bonds. The Bertz CT molecular complexity index is 333. The molecular formula is C14H21NO2. The van der Waals surface area contributed by atoms with Gasteiger partial charge in [-0.3, -0.25) is 0 Å². The average molecular weight is 235 g/mol. The van der Waals surface area contributed by atoms with Crippen LogP contribution in [0.25, 0.3) is 0 Å². The molecule has 94 valence electrons. The predicted octanol–water partition coefficient (Wildman–Crippen LogP) is 2.09. The van der Waals surface area contributed by atoms with E-state index >= 15 is 0 Å². The van der Waals surface area contributed by atoms with Crippen molar-refractivity contribution in [2.45, 2.75) is 31.8 Å². The van der Waals surface area contributed by atoms with Gasteiger partial charge in [-0.15, -0.1) is 0 Å². The highest BCUT2D eigenvalue weighted by Gasteiger charge is 2.12. The third kappa shape index (κ3) is 4.02. The topological polar surface area (TPSA) is 41.5 Å². The van der Waals surface area contributed by atoms with Crippen molar-refractivity contribution < 1.29 is 9.84 Å². The van der Waals surface area contributed by atoms with Gasteiger partial charge in [0.15, 0.2) is 0 Å². The summed E-state index contributed by atoms with van der Waals surface area (Å²) in [5.74, 6) is 0.374. The molecule has 2 N–H and O–H groups in total. The largest absolute Gasteiger partial charge is 0.508 e. The van der Waals surface area contributed by atoms with Crippen molar-refractivity contribution in [3.05, 3.63) is 29.8 Å². The first-order valence-electron chi connectivity index (χ1n) is 6.45. The van der Waals surface area contributed by atoms with Gasteiger partial charge in [0.25, 0.3) is 0 Å². The van der Waals surface area contributed by atoms with Crippen LogP contribution in [0.5, 0.6) is 5.75 Å². The van der Waals surface area contributed by atoms with Gasteiger partial charge in [-0.1, -0.05) is 18.2 Å². The zero-order chi connectivity index (χ0) is 11.9. The molecule has 2 rings (SSSR count). The predicted molar refractivity (Wildman–Crippen MR) is 68.3 cm³/mol. The smallest absolute Gasteiger partial charge is 0.118 e. The average Bonchev–Trinajstić information content (AvgIpc) is 2.60. The fraction of sp³-hybridized carbons (Fsp3) is 0.571. The Morgan fingerprint density at radius 3 is 3.00 bits per heavy atom. The van der Waals surface area contributed by atoms with Gasteiger partial charge in [0, 0.05) is 0 Å². The second kappa shape index (κ2) is 6.62. The molecule has 1 aliphatic rings. The molecule has 0 bridgehead atoms. The number of phenolic OH excluding ortho intramolecular Hbond substituents is 1. The Labute approximate surface area is 103 Å². The summed E-state index contributed by atoms with van der Waals surface area (Å²) >= 11 is 0. The summed E-state index contributed by atoms with van der Waals surface area (Å²) in [5.41, 5.74) is 0.972. The summed E-state index contributed by atoms with van der Waals surface area (Å²) in [4.78, 5) is 0. The van der Waals surface area contributed by atoms with Crippen molar-refractivity contribution in [3.63, 3.8) is 0 Å². The lowest BCUT2D eigenvalue weighted by Gasteiger charge is -2.15. The summed E-state index contributed by atoms with van der Waals surface area (Å²) in [6.45, 7) is 2.86. The number of aromatic hydroxyl groups is 1. The number of ether oxygens (including phenoxy) is 1. The van der Waals surface area contributed by atoms with Gasteiger partial charge >= 0.3 is 0 Å². The molecule has 1 heterocycles. The van der Waals surface area contributed by atoms with Crippen LogP contribution in [0.2, 0.25) is 0 Å². The van der Waals surface area contributed by atoms with Crippen LogP contribution < -0.4 is 5.32 Å². The normalized spacial score (nSPS) is 21.1. The Morgan fingerprint density at radius 1 is 1.24 bits per heavy atom. The summed E-state index contributed by atoms with van der Waals surface area (Å²) in [6, 6.07) is 7.47. The molecule has 1 aromatic carbocycles. The van der Waals surface area contributed by atoms with Gasteiger partial charge in [-0.25, -0.2) is 0 Å². The number of para-hydroxylation sites is 1. The molecule has 0 spiro atoms. The highest BCUT2D eigenvalue weighted by Crippen LogP contribution is 2.17. The van der Waals surface area contributed by atoms with Crippen LogP contribution in [0.3, 0.4) is 0 Å². The molecule has 1 unspecified atom stereocenters. The summed E-state index contributed by atoms with van der Waals surface area (Å²) in [5, 5.41) is 13.0. The fourth-order valence-corrected chi connectivity index (χ4v) is 2.21. The van der Waals surface area contributed by atoms with Crippen molar-refractivity contribution in [1.29, 1.82) is 0 Å². The van der Waals surface area contributed by atoms with Crippen LogP contribution in [0, 0.1) is 0 Å². The van der Waals surface area contributed by atoms with Gasteiger partial charge in [0.2, 0.25) is 0 Å². The maximum absolute atomic E-state index is 9.63. The monoisotopic (exact) mass is 235 g/mol. The standard InChI is InChI=1S/C14H21NO2/c16-14-6-2-1-4-12(14)8-11-17-13-5-3-9-15-10-7-13/h1-2,4,6,13,15-16H,3,5,7-11H2. The van der Waals surface area contributed by atoms with Gasteiger partial charge in [0.05, 0.1) is 12.7 Å². The van der Waals surface area contributed by atoms with Crippen molar-refractivity contribution in [2.24, 2.45) is 0 Å². The Balaban J connectivity index is 1.73. The minimum atomic E-state index is 0.374. The van der Waals surface area contributed by atoms with Crippen LogP contribution in [0.15, 0.2) is 24.3 Å². The number of rotatable bonds is 4. The number of hydrogen-bond acceptors (Lipinski definition) is 3. The zero-order valence-corrected chi connectivity index (χ0v) is 10.2. The minimum absolute atomic E-state index is 0.374. The number of phenols is 1. The SMILES string of the molecule is Oc1ccccc1CCOC1CCCNCC1. The number of benzene rings is 1. The maximum atomic E-state index is 9.63. The lowest BCUT2D eigenvalue weighted by atomic mass is 10.1. The minimum Gasteiger partial charge on any atom is -0.508 e. The first kappa shape index (κ1) is 12.4. The van der Waals surface area contributed by atoms with Gasteiger partial charge in [-0.2, -0.15) is 0 Å². The van der Waals surface area contributed by atoms with E-state index in [1.807, 2.05) is 18.2 Å². The van der Waals surface area contributed by atoms with Crippen molar-refractivity contribution in [1.82, 2.24) is 5.32 Å². The molecule has 0 aliphatic carbocycles. The van der Waals surface area contributed by atoms with Crippen LogP contribution in [0.4, 0.5) is 0 Å². The first-order chi connectivity index (χ1) is 8.36. The van der Waals surface area contributed by atoms with Crippen LogP contribution >= 0.6 is 0 Å². The molecule has 1 aliphatic heterocycles. The lowest BCUT2D eigenvalue weighted by Crippen LogP contribution is -2.18. The number of nitrogens with one attached hydrogen (secondary N) is 1. The van der Waals surface area contributed by atoms with Crippen LogP contribution in [-0.2, 0) is 11.2 Å². The summed E-state index contributed by atoms with van der Waals surface area (Å²) in [6.07, 6.45) is 4.61. The molecule has 17 heavy (non-hydrogen) atoms. The molecule has 3 nitrogen and oxygen atoms in total. The van der Waals surface area contributed by atoms with Gasteiger partial charge in [0.1, 0.15) is 5.75 Å². The second-order valence-electron chi connectivity index (χ2n) is 4.55. The van der Waals surface area contributed by atoms with E-state index in [2.05, 4.69) is 5.32 Å². The molecule has 1 atom stereocenters. The third-order valence-electron chi connectivity index (χ3n) is 3.24. The Hall–Kier alpha value is -1.06. The highest BCUT2D eigenvalue weighted by atomic mass is 16.5. The maximum Gasteiger partial charge on any atom is 0.118 e. The van der Waals surface area contributed by atoms with E-state index in [1.165, 1.54) is 6.42 Å². The molecule has 0 radical (unpaired) electrons. The molecule has 1 fully saturated rings. The third-order valence-corrected chi connectivity index (χ3v) is 3.24. The van der Waals surface area contributed by atoms with E-state index in [-0.39, 0.29) is 0 Å². The van der Waals surface area contributed by atoms with Crippen molar-refractivity contribution >= 4 is 0 Å². The van der Waals surface area contributed by atoms with E-state index in [9.17, 15) is 5.11 Å². The Kier molecular flexibility index (Phi) is 4.83. The first-order valence-corrected chi connectivity index (χ1v) is 6.45. The molecule has 1 aromatic rings. The van der Waals surface area contributed by atoms with Crippen molar-refractivity contribution in [2.75, 3.05) is 19.7 Å². The zero-order valence-electron chi connectivity index (χ0n) is 10.2. The van der Waals surface area contributed by atoms with E-state index < -0.39 is 0 Å². The summed E-state index contributed by atoms with van der Waals surface area (Å²) in [7, 11) is 0. The van der Waals surface area contributed by atoms with Crippen LogP contribution in [0.1, 0.15) is 24.8 Å². The van der Waals surface area contributed by atoms with E-state index in [4.69, 9.17) is 4.74 Å². The second-order valence-corrected chi connectivity index (χ2v) is 4.55. The molecule has 0 saturated carbocycles. The van der Waals surface area contributed by atoms with E-state index in [0.29, 0.717) is 18.5 Å².